The monoisotopic (exact) mass is 436 g/mol. The van der Waals surface area contributed by atoms with Crippen LogP contribution in [0.2, 0.25) is 0 Å². The summed E-state index contributed by atoms with van der Waals surface area (Å²) in [6, 6.07) is 9.11. The molecule has 0 saturated heterocycles. The van der Waals surface area contributed by atoms with E-state index in [-0.39, 0.29) is 22.1 Å². The third-order valence-electron chi connectivity index (χ3n) is 5.26. The molecule has 0 bridgehead atoms. The fraction of sp³-hybridized carbons (Fsp3) is 0.450. The van der Waals surface area contributed by atoms with Gasteiger partial charge < -0.3 is 5.32 Å². The number of amides is 1. The number of thioether (sulfide) groups is 1. The van der Waals surface area contributed by atoms with Crippen LogP contribution >= 0.6 is 23.1 Å². The fourth-order valence-corrected chi connectivity index (χ4v) is 7.41. The van der Waals surface area contributed by atoms with Crippen LogP contribution < -0.4 is 5.32 Å². The first-order chi connectivity index (χ1) is 13.4. The van der Waals surface area contributed by atoms with Crippen molar-refractivity contribution in [3.63, 3.8) is 0 Å². The first-order valence-electron chi connectivity index (χ1n) is 9.58. The minimum atomic E-state index is -3.66. The van der Waals surface area contributed by atoms with Crippen LogP contribution in [0.5, 0.6) is 0 Å². The summed E-state index contributed by atoms with van der Waals surface area (Å²) in [5.74, 6) is -0.0699. The van der Waals surface area contributed by atoms with Gasteiger partial charge in [-0.3, -0.25) is 4.79 Å². The van der Waals surface area contributed by atoms with Crippen molar-refractivity contribution in [2.75, 3.05) is 5.32 Å². The number of anilines is 1. The van der Waals surface area contributed by atoms with Crippen LogP contribution in [0.15, 0.2) is 45.5 Å². The maximum Gasteiger partial charge on any atom is 0.243 e. The predicted molar refractivity (Wildman–Crippen MR) is 114 cm³/mol. The Bertz CT molecular complexity index is 951. The van der Waals surface area contributed by atoms with Crippen LogP contribution in [0.25, 0.3) is 0 Å². The summed E-state index contributed by atoms with van der Waals surface area (Å²) < 4.78 is 28.8. The topological polar surface area (TPSA) is 66.5 Å². The molecule has 1 unspecified atom stereocenters. The molecule has 5 nitrogen and oxygen atoms in total. The SMILES string of the molecule is CC1CC(=O)Nc2cc(S(=O)(=O)N(Cc3cccs3)C3CCCC3)ccc2S1. The lowest BCUT2D eigenvalue weighted by atomic mass is 10.2. The van der Waals surface area contributed by atoms with E-state index in [4.69, 9.17) is 0 Å². The van der Waals surface area contributed by atoms with Gasteiger partial charge in [0.2, 0.25) is 15.9 Å². The Hall–Kier alpha value is -1.35. The standard InChI is InChI=1S/C20H24N2O3S3/c1-14-11-20(23)21-18-12-17(8-9-19(18)27-14)28(24,25)22(15-5-2-3-6-15)13-16-7-4-10-26-16/h4,7-10,12,14-15H,2-3,5-6,11,13H2,1H3,(H,21,23). The number of fused-ring (bicyclic) bond motifs is 1. The van der Waals surface area contributed by atoms with Gasteiger partial charge in [0, 0.05) is 34.0 Å². The van der Waals surface area contributed by atoms with Gasteiger partial charge in [-0.1, -0.05) is 25.8 Å². The first kappa shape index (κ1) is 19.9. The van der Waals surface area contributed by atoms with Crippen molar-refractivity contribution in [3.8, 4) is 0 Å². The molecular formula is C20H24N2O3S3. The number of rotatable bonds is 5. The Morgan fingerprint density at radius 3 is 2.71 bits per heavy atom. The van der Waals surface area contributed by atoms with Gasteiger partial charge >= 0.3 is 0 Å². The number of thiophene rings is 1. The molecule has 1 N–H and O–H groups in total. The summed E-state index contributed by atoms with van der Waals surface area (Å²) in [5, 5.41) is 5.02. The smallest absolute Gasteiger partial charge is 0.243 e. The zero-order chi connectivity index (χ0) is 19.7. The Balaban J connectivity index is 1.69. The third kappa shape index (κ3) is 4.15. The van der Waals surface area contributed by atoms with Crippen molar-refractivity contribution in [2.24, 2.45) is 0 Å². The molecule has 8 heteroatoms. The second-order valence-corrected chi connectivity index (χ2v) is 11.8. The maximum atomic E-state index is 13.6. The van der Waals surface area contributed by atoms with Gasteiger partial charge in [0.05, 0.1) is 10.6 Å². The second-order valence-electron chi connectivity index (χ2n) is 7.41. The number of nitrogens with one attached hydrogen (secondary N) is 1. The summed E-state index contributed by atoms with van der Waals surface area (Å²) in [6.07, 6.45) is 4.36. The molecular weight excluding hydrogens is 412 g/mol. The zero-order valence-electron chi connectivity index (χ0n) is 15.8. The molecule has 1 amide bonds. The first-order valence-corrected chi connectivity index (χ1v) is 12.8. The molecule has 1 fully saturated rings. The molecule has 1 aliphatic carbocycles. The van der Waals surface area contributed by atoms with Gasteiger partial charge in [-0.15, -0.1) is 23.1 Å². The quantitative estimate of drug-likeness (QED) is 0.737. The minimum Gasteiger partial charge on any atom is -0.325 e. The van der Waals surface area contributed by atoms with Crippen LogP contribution in [-0.2, 0) is 21.4 Å². The lowest BCUT2D eigenvalue weighted by Crippen LogP contribution is -2.38. The number of carbonyl (C=O) groups excluding carboxylic acids is 1. The van der Waals surface area contributed by atoms with Crippen molar-refractivity contribution >= 4 is 44.7 Å². The van der Waals surface area contributed by atoms with Crippen molar-refractivity contribution in [1.29, 1.82) is 0 Å². The van der Waals surface area contributed by atoms with Crippen molar-refractivity contribution in [2.45, 2.75) is 66.7 Å². The van der Waals surface area contributed by atoms with Gasteiger partial charge in [-0.2, -0.15) is 4.31 Å². The highest BCUT2D eigenvalue weighted by molar-refractivity contribution is 8.00. The van der Waals surface area contributed by atoms with Gasteiger partial charge in [-0.25, -0.2) is 8.42 Å². The molecule has 1 atom stereocenters. The van der Waals surface area contributed by atoms with E-state index in [9.17, 15) is 13.2 Å². The second kappa shape index (κ2) is 8.18. The molecule has 1 aromatic carbocycles. The Morgan fingerprint density at radius 1 is 1.21 bits per heavy atom. The Morgan fingerprint density at radius 2 is 2.00 bits per heavy atom. The lowest BCUT2D eigenvalue weighted by Gasteiger charge is -2.28. The molecule has 1 aromatic heterocycles. The van der Waals surface area contributed by atoms with Crippen LogP contribution in [0.1, 0.15) is 43.9 Å². The van der Waals surface area contributed by atoms with E-state index in [1.807, 2.05) is 30.5 Å². The molecule has 1 aliphatic heterocycles. The molecule has 28 heavy (non-hydrogen) atoms. The summed E-state index contributed by atoms with van der Waals surface area (Å²) in [4.78, 5) is 14.3. The number of nitrogens with zero attached hydrogens (tertiary/aromatic N) is 1. The van der Waals surface area contributed by atoms with Crippen LogP contribution in [0.3, 0.4) is 0 Å². The predicted octanol–water partition coefficient (Wildman–Crippen LogP) is 4.70. The Kier molecular flexibility index (Phi) is 5.83. The molecule has 4 rings (SSSR count). The van der Waals surface area contributed by atoms with E-state index in [1.165, 1.54) is 0 Å². The molecule has 2 aliphatic rings. The molecule has 2 aromatic rings. The van der Waals surface area contributed by atoms with Crippen LogP contribution in [-0.4, -0.2) is 29.9 Å². The Labute approximate surface area is 174 Å². The van der Waals surface area contributed by atoms with Gasteiger partial charge in [0.15, 0.2) is 0 Å². The third-order valence-corrected chi connectivity index (χ3v) is 9.19. The zero-order valence-corrected chi connectivity index (χ0v) is 18.2. The number of hydrogen-bond acceptors (Lipinski definition) is 5. The van der Waals surface area contributed by atoms with E-state index in [2.05, 4.69) is 5.32 Å². The summed E-state index contributed by atoms with van der Waals surface area (Å²) in [6.45, 7) is 2.41. The highest BCUT2D eigenvalue weighted by atomic mass is 32.2. The van der Waals surface area contributed by atoms with E-state index in [0.717, 1.165) is 35.5 Å². The average molecular weight is 437 g/mol. The van der Waals surface area contributed by atoms with E-state index in [1.54, 1.807) is 39.5 Å². The number of hydrogen-bond donors (Lipinski definition) is 1. The fourth-order valence-electron chi connectivity index (χ4n) is 3.88. The maximum absolute atomic E-state index is 13.6. The normalized spacial score (nSPS) is 20.8. The molecule has 0 radical (unpaired) electrons. The summed E-state index contributed by atoms with van der Waals surface area (Å²) in [7, 11) is -3.66. The van der Waals surface area contributed by atoms with Crippen LogP contribution in [0, 0.1) is 0 Å². The van der Waals surface area contributed by atoms with Crippen molar-refractivity contribution in [1.82, 2.24) is 4.31 Å². The molecule has 2 heterocycles. The van der Waals surface area contributed by atoms with E-state index in [0.29, 0.717) is 18.7 Å². The van der Waals surface area contributed by atoms with E-state index < -0.39 is 10.0 Å². The molecule has 0 spiro atoms. The number of carbonyl (C=O) groups is 1. The van der Waals surface area contributed by atoms with Gasteiger partial charge in [0.1, 0.15) is 0 Å². The van der Waals surface area contributed by atoms with Crippen molar-refractivity contribution < 1.29 is 13.2 Å². The van der Waals surface area contributed by atoms with Gasteiger partial charge in [-0.05, 0) is 42.5 Å². The molecule has 150 valence electrons. The number of benzene rings is 1. The average Bonchev–Trinajstić information content (AvgIpc) is 3.31. The summed E-state index contributed by atoms with van der Waals surface area (Å²) >= 11 is 3.18. The molecule has 1 saturated carbocycles. The largest absolute Gasteiger partial charge is 0.325 e. The highest BCUT2D eigenvalue weighted by Crippen LogP contribution is 2.38. The van der Waals surface area contributed by atoms with Crippen LogP contribution in [0.4, 0.5) is 5.69 Å². The summed E-state index contributed by atoms with van der Waals surface area (Å²) in [5.41, 5.74) is 0.600. The number of sulfonamides is 1. The highest BCUT2D eigenvalue weighted by Gasteiger charge is 2.34. The van der Waals surface area contributed by atoms with Crippen molar-refractivity contribution in [3.05, 3.63) is 40.6 Å². The van der Waals surface area contributed by atoms with Gasteiger partial charge in [0.25, 0.3) is 0 Å². The lowest BCUT2D eigenvalue weighted by molar-refractivity contribution is -0.116. The minimum absolute atomic E-state index is 0.0369. The van der Waals surface area contributed by atoms with E-state index >= 15 is 0 Å².